The summed E-state index contributed by atoms with van der Waals surface area (Å²) in [6, 6.07) is 9.44. The summed E-state index contributed by atoms with van der Waals surface area (Å²) in [5.41, 5.74) is 2.46. The van der Waals surface area contributed by atoms with E-state index in [1.165, 1.54) is 12.1 Å². The molecule has 1 N–H and O–H groups in total. The van der Waals surface area contributed by atoms with E-state index >= 15 is 0 Å². The van der Waals surface area contributed by atoms with Crippen LogP contribution in [0.4, 0.5) is 8.78 Å². The van der Waals surface area contributed by atoms with Gasteiger partial charge in [0, 0.05) is 11.6 Å². The minimum absolute atomic E-state index is 0.0163. The normalized spacial score (nSPS) is 11.0. The summed E-state index contributed by atoms with van der Waals surface area (Å²) < 4.78 is 30.8. The van der Waals surface area contributed by atoms with Gasteiger partial charge in [0.2, 0.25) is 6.04 Å². The Morgan fingerprint density at radius 2 is 1.72 bits per heavy atom. The number of hydrogen-bond donors (Lipinski definition) is 1. The molecule has 0 fully saturated rings. The molecule has 0 heterocycles. The highest BCUT2D eigenvalue weighted by atomic mass is 19.1. The Morgan fingerprint density at radius 1 is 1.08 bits per heavy atom. The molecule has 0 bridgehead atoms. The molecule has 0 spiro atoms. The van der Waals surface area contributed by atoms with Gasteiger partial charge in [0.15, 0.2) is 0 Å². The average Bonchev–Trinajstić information content (AvgIpc) is 2.61. The molecule has 1 unspecified atom stereocenters. The van der Waals surface area contributed by atoms with Crippen LogP contribution in [0.3, 0.4) is 0 Å². The lowest BCUT2D eigenvalue weighted by molar-refractivity contribution is -0.143. The molecule has 0 aliphatic rings. The molecule has 5 nitrogen and oxygen atoms in total. The molecule has 2 aromatic rings. The van der Waals surface area contributed by atoms with Crippen molar-refractivity contribution in [3.63, 3.8) is 0 Å². The molecule has 128 valence electrons. The summed E-state index contributed by atoms with van der Waals surface area (Å²) in [4.78, 5) is 28.3. The summed E-state index contributed by atoms with van der Waals surface area (Å²) in [6.45, 7) is 0. The second-order valence-electron chi connectivity index (χ2n) is 4.76. The lowest BCUT2D eigenvalue weighted by Crippen LogP contribution is -2.38. The van der Waals surface area contributed by atoms with Crippen LogP contribution < -0.4 is 5.48 Å². The van der Waals surface area contributed by atoms with Crippen molar-refractivity contribution in [1.82, 2.24) is 5.48 Å². The van der Waals surface area contributed by atoms with Crippen LogP contribution in [0.15, 0.2) is 48.5 Å². The van der Waals surface area contributed by atoms with Crippen LogP contribution in [0.1, 0.15) is 15.9 Å². The molecular weight excluding hydrogens is 332 g/mol. The number of carbonyl (C=O) groups is 2. The van der Waals surface area contributed by atoms with Gasteiger partial charge in [-0.3, -0.25) is 0 Å². The van der Waals surface area contributed by atoms with Crippen LogP contribution in [0, 0.1) is 23.5 Å². The van der Waals surface area contributed by atoms with E-state index < -0.39 is 29.6 Å². The van der Waals surface area contributed by atoms with Gasteiger partial charge in [-0.2, -0.15) is 0 Å². The molecule has 0 aliphatic heterocycles. The van der Waals surface area contributed by atoms with Gasteiger partial charge in [0.25, 0.3) is 0 Å². The SMILES string of the molecule is COC(=O)C(C#Cc1cc(F)cc(F)c1)NOC(=O)c1ccccc1. The average molecular weight is 345 g/mol. The first-order valence-corrected chi connectivity index (χ1v) is 7.07. The number of benzene rings is 2. The van der Waals surface area contributed by atoms with Gasteiger partial charge in [0.05, 0.1) is 12.7 Å². The van der Waals surface area contributed by atoms with E-state index in [4.69, 9.17) is 4.84 Å². The van der Waals surface area contributed by atoms with Crippen molar-refractivity contribution < 1.29 is 27.9 Å². The molecule has 0 aliphatic carbocycles. The van der Waals surface area contributed by atoms with E-state index in [1.807, 2.05) is 0 Å². The number of esters is 1. The van der Waals surface area contributed by atoms with Crippen molar-refractivity contribution in [2.75, 3.05) is 7.11 Å². The Bertz CT molecular complexity index is 808. The van der Waals surface area contributed by atoms with Crippen LogP contribution >= 0.6 is 0 Å². The fraction of sp³-hybridized carbons (Fsp3) is 0.111. The fourth-order valence-electron chi connectivity index (χ4n) is 1.78. The van der Waals surface area contributed by atoms with Gasteiger partial charge in [0.1, 0.15) is 11.6 Å². The Labute approximate surface area is 142 Å². The van der Waals surface area contributed by atoms with Crippen molar-refractivity contribution in [1.29, 1.82) is 0 Å². The molecule has 0 saturated heterocycles. The topological polar surface area (TPSA) is 64.6 Å². The predicted molar refractivity (Wildman–Crippen MR) is 84.0 cm³/mol. The number of methoxy groups -OCH3 is 1. The first-order chi connectivity index (χ1) is 12.0. The second kappa shape index (κ2) is 8.57. The maximum Gasteiger partial charge on any atom is 0.356 e. The van der Waals surface area contributed by atoms with Gasteiger partial charge >= 0.3 is 11.9 Å². The van der Waals surface area contributed by atoms with Crippen molar-refractivity contribution in [2.45, 2.75) is 6.04 Å². The minimum atomic E-state index is -1.33. The molecule has 1 atom stereocenters. The van der Waals surface area contributed by atoms with E-state index in [0.717, 1.165) is 19.2 Å². The smallest absolute Gasteiger partial charge is 0.356 e. The Kier molecular flexibility index (Phi) is 6.20. The standard InChI is InChI=1S/C18H13F2NO4/c1-24-18(23)16(8-7-12-9-14(19)11-15(20)10-12)21-25-17(22)13-5-3-2-4-6-13/h2-6,9-11,16,21H,1H3. The molecule has 0 saturated carbocycles. The maximum absolute atomic E-state index is 13.1. The zero-order chi connectivity index (χ0) is 18.2. The Hall–Kier alpha value is -3.24. The predicted octanol–water partition coefficient (Wildman–Crippen LogP) is 2.22. The maximum atomic E-state index is 13.1. The molecule has 25 heavy (non-hydrogen) atoms. The van der Waals surface area contributed by atoms with Crippen molar-refractivity contribution in [3.05, 3.63) is 71.3 Å². The van der Waals surface area contributed by atoms with E-state index in [9.17, 15) is 18.4 Å². The van der Waals surface area contributed by atoms with Crippen LogP contribution in [0.5, 0.6) is 0 Å². The molecule has 7 heteroatoms. The van der Waals surface area contributed by atoms with Crippen LogP contribution in [0.25, 0.3) is 0 Å². The highest BCUT2D eigenvalue weighted by Gasteiger charge is 2.19. The first kappa shape index (κ1) is 18.1. The molecular formula is C18H13F2NO4. The number of hydrogen-bond acceptors (Lipinski definition) is 5. The minimum Gasteiger partial charge on any atom is -0.467 e. The van der Waals surface area contributed by atoms with Gasteiger partial charge in [-0.25, -0.2) is 18.4 Å². The molecule has 2 rings (SSSR count). The lowest BCUT2D eigenvalue weighted by atomic mass is 10.2. The third-order valence-electron chi connectivity index (χ3n) is 2.94. The van der Waals surface area contributed by atoms with E-state index in [-0.39, 0.29) is 11.1 Å². The second-order valence-corrected chi connectivity index (χ2v) is 4.76. The monoisotopic (exact) mass is 345 g/mol. The number of nitrogens with one attached hydrogen (secondary N) is 1. The number of carbonyl (C=O) groups excluding carboxylic acids is 2. The van der Waals surface area contributed by atoms with Crippen LogP contribution in [-0.4, -0.2) is 25.1 Å². The molecule has 0 amide bonds. The van der Waals surface area contributed by atoms with E-state index in [0.29, 0.717) is 6.07 Å². The number of hydroxylamine groups is 1. The Morgan fingerprint density at radius 3 is 2.32 bits per heavy atom. The highest BCUT2D eigenvalue weighted by Crippen LogP contribution is 2.06. The van der Waals surface area contributed by atoms with Gasteiger partial charge in [-0.15, -0.1) is 5.48 Å². The summed E-state index contributed by atoms with van der Waals surface area (Å²) in [7, 11) is 1.12. The Balaban J connectivity index is 2.11. The fourth-order valence-corrected chi connectivity index (χ4v) is 1.78. The third kappa shape index (κ3) is 5.41. The third-order valence-corrected chi connectivity index (χ3v) is 2.94. The van der Waals surface area contributed by atoms with Crippen LogP contribution in [-0.2, 0) is 14.4 Å². The zero-order valence-corrected chi connectivity index (χ0v) is 13.1. The van der Waals surface area contributed by atoms with Crippen molar-refractivity contribution in [2.24, 2.45) is 0 Å². The number of halogens is 2. The first-order valence-electron chi connectivity index (χ1n) is 7.07. The molecule has 0 radical (unpaired) electrons. The number of ether oxygens (including phenoxy) is 1. The molecule has 0 aromatic heterocycles. The van der Waals surface area contributed by atoms with Crippen molar-refractivity contribution in [3.8, 4) is 11.8 Å². The summed E-state index contributed by atoms with van der Waals surface area (Å²) >= 11 is 0. The van der Waals surface area contributed by atoms with E-state index in [1.54, 1.807) is 18.2 Å². The molecule has 2 aromatic carbocycles. The number of rotatable bonds is 4. The van der Waals surface area contributed by atoms with E-state index in [2.05, 4.69) is 22.1 Å². The van der Waals surface area contributed by atoms with Gasteiger partial charge < -0.3 is 9.57 Å². The quantitative estimate of drug-likeness (QED) is 0.523. The lowest BCUT2D eigenvalue weighted by Gasteiger charge is -2.10. The summed E-state index contributed by atoms with van der Waals surface area (Å²) in [5, 5.41) is 0. The highest BCUT2D eigenvalue weighted by molar-refractivity contribution is 5.89. The van der Waals surface area contributed by atoms with Crippen molar-refractivity contribution >= 4 is 11.9 Å². The largest absolute Gasteiger partial charge is 0.467 e. The summed E-state index contributed by atoms with van der Waals surface area (Å²) in [5.74, 6) is 1.66. The van der Waals surface area contributed by atoms with Gasteiger partial charge in [-0.05, 0) is 24.3 Å². The zero-order valence-electron chi connectivity index (χ0n) is 13.1. The van der Waals surface area contributed by atoms with Gasteiger partial charge in [-0.1, -0.05) is 30.0 Å². The summed E-state index contributed by atoms with van der Waals surface area (Å²) in [6.07, 6.45) is 0. The van der Waals surface area contributed by atoms with Crippen LogP contribution in [0.2, 0.25) is 0 Å².